The maximum absolute atomic E-state index is 9.95. The van der Waals surface area contributed by atoms with Gasteiger partial charge in [-0.05, 0) is 49.9 Å². The summed E-state index contributed by atoms with van der Waals surface area (Å²) >= 11 is 6.06. The second-order valence-electron chi connectivity index (χ2n) is 5.91. The average Bonchev–Trinajstić information content (AvgIpc) is 2.69. The van der Waals surface area contributed by atoms with Crippen LogP contribution in [0.4, 0.5) is 5.69 Å². The van der Waals surface area contributed by atoms with Gasteiger partial charge in [-0.1, -0.05) is 11.6 Å². The fourth-order valence-corrected chi connectivity index (χ4v) is 4.04. The summed E-state index contributed by atoms with van der Waals surface area (Å²) in [5, 5.41) is 11.8. The van der Waals surface area contributed by atoms with Gasteiger partial charge in [0.05, 0.1) is 11.6 Å². The molecule has 2 saturated heterocycles. The zero-order chi connectivity index (χ0) is 13.7. The van der Waals surface area contributed by atoms with Gasteiger partial charge in [0.1, 0.15) is 0 Å². The van der Waals surface area contributed by atoms with Crippen molar-refractivity contribution in [2.24, 2.45) is 0 Å². The second kappa shape index (κ2) is 4.61. The van der Waals surface area contributed by atoms with Crippen molar-refractivity contribution >= 4 is 28.2 Å². The van der Waals surface area contributed by atoms with Crippen LogP contribution in [-0.2, 0) is 0 Å². The number of hydrogen-bond acceptors (Lipinski definition) is 3. The number of aliphatic hydroxyl groups is 1. The van der Waals surface area contributed by atoms with E-state index in [9.17, 15) is 5.11 Å². The van der Waals surface area contributed by atoms with E-state index in [-0.39, 0.29) is 6.10 Å². The lowest BCUT2D eigenvalue weighted by Gasteiger charge is -2.39. The summed E-state index contributed by atoms with van der Waals surface area (Å²) < 4.78 is 0. The highest BCUT2D eigenvalue weighted by molar-refractivity contribution is 6.31. The molecule has 4 rings (SSSR count). The summed E-state index contributed by atoms with van der Waals surface area (Å²) in [7, 11) is 0. The topological polar surface area (TPSA) is 36.4 Å². The van der Waals surface area contributed by atoms with E-state index in [0.29, 0.717) is 12.1 Å². The molecule has 1 aromatic heterocycles. The first-order valence-electron chi connectivity index (χ1n) is 7.23. The summed E-state index contributed by atoms with van der Waals surface area (Å²) in [5.74, 6) is 0. The molecule has 1 aromatic carbocycles. The number of nitrogens with zero attached hydrogens (tertiary/aromatic N) is 2. The summed E-state index contributed by atoms with van der Waals surface area (Å²) in [6, 6.07) is 8.93. The number of aliphatic hydroxyl groups excluding tert-OH is 1. The number of fused-ring (bicyclic) bond motifs is 3. The molecule has 0 radical (unpaired) electrons. The van der Waals surface area contributed by atoms with Crippen LogP contribution >= 0.6 is 11.6 Å². The number of rotatable bonds is 1. The van der Waals surface area contributed by atoms with E-state index in [2.05, 4.69) is 22.0 Å². The van der Waals surface area contributed by atoms with E-state index in [0.717, 1.165) is 28.8 Å². The summed E-state index contributed by atoms with van der Waals surface area (Å²) in [6.07, 6.45) is 5.85. The lowest BCUT2D eigenvalue weighted by molar-refractivity contribution is 0.126. The molecule has 3 heterocycles. The standard InChI is InChI=1S/C16H17ClN2O/c17-10-1-4-14-15(7-10)18-6-5-16(14)19-11-2-3-12(19)9-13(20)8-11/h1,4-7,11-13,20H,2-3,8-9H2. The normalized spacial score (nSPS) is 29.1. The SMILES string of the molecule is OC1CC2CCC(C1)N2c1ccnc2cc(Cl)ccc12. The van der Waals surface area contributed by atoms with Crippen LogP contribution in [0.25, 0.3) is 10.9 Å². The van der Waals surface area contributed by atoms with Crippen molar-refractivity contribution in [3.05, 3.63) is 35.5 Å². The van der Waals surface area contributed by atoms with Crippen molar-refractivity contribution in [2.75, 3.05) is 4.90 Å². The molecule has 2 aromatic rings. The van der Waals surface area contributed by atoms with E-state index >= 15 is 0 Å². The number of piperidine rings is 1. The second-order valence-corrected chi connectivity index (χ2v) is 6.35. The van der Waals surface area contributed by atoms with Crippen molar-refractivity contribution in [1.29, 1.82) is 0 Å². The third-order valence-electron chi connectivity index (χ3n) is 4.67. The molecular weight excluding hydrogens is 272 g/mol. The molecule has 2 unspecified atom stereocenters. The maximum Gasteiger partial charge on any atom is 0.0737 e. The maximum atomic E-state index is 9.95. The van der Waals surface area contributed by atoms with Crippen LogP contribution in [0.1, 0.15) is 25.7 Å². The quantitative estimate of drug-likeness (QED) is 0.874. The molecule has 2 fully saturated rings. The highest BCUT2D eigenvalue weighted by Crippen LogP contribution is 2.41. The summed E-state index contributed by atoms with van der Waals surface area (Å²) in [5.41, 5.74) is 2.19. The van der Waals surface area contributed by atoms with E-state index < -0.39 is 0 Å². The monoisotopic (exact) mass is 288 g/mol. The molecule has 2 aliphatic heterocycles. The first-order valence-corrected chi connectivity index (χ1v) is 7.61. The Morgan fingerprint density at radius 3 is 2.65 bits per heavy atom. The minimum Gasteiger partial charge on any atom is -0.393 e. The third kappa shape index (κ3) is 1.88. The Hall–Kier alpha value is -1.32. The molecule has 2 atom stereocenters. The fraction of sp³-hybridized carbons (Fsp3) is 0.438. The number of anilines is 1. The van der Waals surface area contributed by atoms with E-state index in [1.54, 1.807) is 0 Å². The molecule has 2 aliphatic rings. The minimum absolute atomic E-state index is 0.133. The van der Waals surface area contributed by atoms with Gasteiger partial charge in [0.25, 0.3) is 0 Å². The Morgan fingerprint density at radius 2 is 1.90 bits per heavy atom. The van der Waals surface area contributed by atoms with Gasteiger partial charge in [0, 0.05) is 34.4 Å². The number of hydrogen-bond donors (Lipinski definition) is 1. The lowest BCUT2D eigenvalue weighted by atomic mass is 9.98. The van der Waals surface area contributed by atoms with Crippen molar-refractivity contribution in [1.82, 2.24) is 4.98 Å². The zero-order valence-corrected chi connectivity index (χ0v) is 11.9. The Labute approximate surface area is 123 Å². The molecule has 0 aliphatic carbocycles. The van der Waals surface area contributed by atoms with Gasteiger partial charge in [-0.2, -0.15) is 0 Å². The lowest BCUT2D eigenvalue weighted by Crippen LogP contribution is -2.44. The van der Waals surface area contributed by atoms with Crippen LogP contribution in [0, 0.1) is 0 Å². The van der Waals surface area contributed by atoms with Gasteiger partial charge in [-0.3, -0.25) is 4.98 Å². The molecule has 0 spiro atoms. The van der Waals surface area contributed by atoms with Gasteiger partial charge in [0.2, 0.25) is 0 Å². The number of halogens is 1. The van der Waals surface area contributed by atoms with E-state index in [1.165, 1.54) is 18.5 Å². The highest BCUT2D eigenvalue weighted by atomic mass is 35.5. The van der Waals surface area contributed by atoms with Gasteiger partial charge in [-0.15, -0.1) is 0 Å². The van der Waals surface area contributed by atoms with Crippen molar-refractivity contribution in [2.45, 2.75) is 43.9 Å². The van der Waals surface area contributed by atoms with Gasteiger partial charge in [0.15, 0.2) is 0 Å². The molecule has 2 bridgehead atoms. The Kier molecular flexibility index (Phi) is 2.86. The average molecular weight is 289 g/mol. The Bertz CT molecular complexity index is 646. The summed E-state index contributed by atoms with van der Waals surface area (Å²) in [4.78, 5) is 6.93. The fourth-order valence-electron chi connectivity index (χ4n) is 3.87. The first kappa shape index (κ1) is 12.4. The molecule has 0 amide bonds. The smallest absolute Gasteiger partial charge is 0.0737 e. The largest absolute Gasteiger partial charge is 0.393 e. The Balaban J connectivity index is 1.83. The van der Waals surface area contributed by atoms with Gasteiger partial charge in [-0.25, -0.2) is 0 Å². The predicted octanol–water partition coefficient (Wildman–Crippen LogP) is 3.38. The van der Waals surface area contributed by atoms with Crippen molar-refractivity contribution in [3.8, 4) is 0 Å². The Morgan fingerprint density at radius 1 is 1.15 bits per heavy atom. The van der Waals surface area contributed by atoms with Gasteiger partial charge >= 0.3 is 0 Å². The molecule has 20 heavy (non-hydrogen) atoms. The molecule has 0 saturated carbocycles. The molecular formula is C16H17ClN2O. The first-order chi connectivity index (χ1) is 9.72. The zero-order valence-electron chi connectivity index (χ0n) is 11.2. The third-order valence-corrected chi connectivity index (χ3v) is 4.90. The van der Waals surface area contributed by atoms with Crippen LogP contribution in [0.2, 0.25) is 5.02 Å². The van der Waals surface area contributed by atoms with Crippen LogP contribution in [-0.4, -0.2) is 28.3 Å². The number of aromatic nitrogens is 1. The van der Waals surface area contributed by atoms with Crippen LogP contribution < -0.4 is 4.90 Å². The number of benzene rings is 1. The highest BCUT2D eigenvalue weighted by Gasteiger charge is 2.40. The molecule has 4 heteroatoms. The summed E-state index contributed by atoms with van der Waals surface area (Å²) in [6.45, 7) is 0. The van der Waals surface area contributed by atoms with Crippen molar-refractivity contribution < 1.29 is 5.11 Å². The minimum atomic E-state index is -0.133. The molecule has 1 N–H and O–H groups in total. The molecule has 3 nitrogen and oxygen atoms in total. The van der Waals surface area contributed by atoms with Gasteiger partial charge < -0.3 is 10.0 Å². The number of pyridine rings is 1. The van der Waals surface area contributed by atoms with Crippen molar-refractivity contribution in [3.63, 3.8) is 0 Å². The van der Waals surface area contributed by atoms with Crippen LogP contribution in [0.3, 0.4) is 0 Å². The predicted molar refractivity (Wildman–Crippen MR) is 81.3 cm³/mol. The molecule has 104 valence electrons. The van der Waals surface area contributed by atoms with E-state index in [4.69, 9.17) is 11.6 Å². The van der Waals surface area contributed by atoms with E-state index in [1.807, 2.05) is 18.3 Å². The van der Waals surface area contributed by atoms with Crippen LogP contribution in [0.15, 0.2) is 30.5 Å². The van der Waals surface area contributed by atoms with Crippen LogP contribution in [0.5, 0.6) is 0 Å².